The van der Waals surface area contributed by atoms with Crippen molar-refractivity contribution >= 4 is 23.3 Å². The summed E-state index contributed by atoms with van der Waals surface area (Å²) < 4.78 is 5.50. The highest BCUT2D eigenvalue weighted by Crippen LogP contribution is 2.16. The van der Waals surface area contributed by atoms with Crippen molar-refractivity contribution in [3.8, 4) is 0 Å². The minimum atomic E-state index is 0.0211. The third-order valence-corrected chi connectivity index (χ3v) is 4.14. The summed E-state index contributed by atoms with van der Waals surface area (Å²) in [5.41, 5.74) is 1.01. The molecule has 3 rings (SSSR count). The minimum absolute atomic E-state index is 0.0211. The van der Waals surface area contributed by atoms with Gasteiger partial charge in [0.25, 0.3) is 0 Å². The molecule has 2 aromatic heterocycles. The predicted molar refractivity (Wildman–Crippen MR) is 91.9 cm³/mol. The molecule has 0 unspecified atom stereocenters. The van der Waals surface area contributed by atoms with E-state index < -0.39 is 0 Å². The molecule has 6 nitrogen and oxygen atoms in total. The standard InChI is InChI=1S/C17H19ClN4O2/c18-15-1-2-16(20-11-15)21-7-9-22(10-8-21)17(23)13-24-12-14-3-5-19-6-4-14/h1-6,11H,7-10,12-13H2. The van der Waals surface area contributed by atoms with Crippen LogP contribution in [0.25, 0.3) is 0 Å². The first-order chi connectivity index (χ1) is 11.7. The van der Waals surface area contributed by atoms with Crippen molar-refractivity contribution < 1.29 is 9.53 Å². The Morgan fingerprint density at radius 1 is 1.12 bits per heavy atom. The van der Waals surface area contributed by atoms with E-state index in [1.807, 2.05) is 29.2 Å². The summed E-state index contributed by atoms with van der Waals surface area (Å²) in [6, 6.07) is 7.48. The molecule has 126 valence electrons. The molecule has 0 bridgehead atoms. The topological polar surface area (TPSA) is 58.6 Å². The average molecular weight is 347 g/mol. The minimum Gasteiger partial charge on any atom is -0.367 e. The van der Waals surface area contributed by atoms with Crippen molar-refractivity contribution in [3.63, 3.8) is 0 Å². The first-order valence-corrected chi connectivity index (χ1v) is 8.21. The normalized spacial score (nSPS) is 14.7. The van der Waals surface area contributed by atoms with Gasteiger partial charge in [-0.3, -0.25) is 9.78 Å². The van der Waals surface area contributed by atoms with E-state index in [1.165, 1.54) is 0 Å². The molecule has 0 radical (unpaired) electrons. The van der Waals surface area contributed by atoms with Crippen LogP contribution < -0.4 is 4.90 Å². The van der Waals surface area contributed by atoms with Gasteiger partial charge in [-0.1, -0.05) is 11.6 Å². The maximum Gasteiger partial charge on any atom is 0.248 e. The summed E-state index contributed by atoms with van der Waals surface area (Å²) in [4.78, 5) is 24.5. The van der Waals surface area contributed by atoms with Gasteiger partial charge in [0.2, 0.25) is 5.91 Å². The zero-order valence-electron chi connectivity index (χ0n) is 13.3. The molecule has 0 aliphatic carbocycles. The Balaban J connectivity index is 1.42. The second-order valence-corrected chi connectivity index (χ2v) is 5.99. The molecule has 1 aliphatic rings. The zero-order chi connectivity index (χ0) is 16.8. The fourth-order valence-electron chi connectivity index (χ4n) is 2.57. The molecule has 2 aromatic rings. The summed E-state index contributed by atoms with van der Waals surface area (Å²) in [6.07, 6.45) is 5.07. The number of nitrogens with zero attached hydrogens (tertiary/aromatic N) is 4. The zero-order valence-corrected chi connectivity index (χ0v) is 14.0. The van der Waals surface area contributed by atoms with Crippen LogP contribution in [-0.4, -0.2) is 53.6 Å². The van der Waals surface area contributed by atoms with Gasteiger partial charge in [-0.15, -0.1) is 0 Å². The third-order valence-electron chi connectivity index (χ3n) is 3.91. The lowest BCUT2D eigenvalue weighted by Crippen LogP contribution is -2.50. The second kappa shape index (κ2) is 8.08. The molecular weight excluding hydrogens is 328 g/mol. The summed E-state index contributed by atoms with van der Waals surface area (Å²) in [6.45, 7) is 3.36. The van der Waals surface area contributed by atoms with E-state index >= 15 is 0 Å². The van der Waals surface area contributed by atoms with E-state index in [2.05, 4.69) is 14.9 Å². The van der Waals surface area contributed by atoms with Crippen LogP contribution >= 0.6 is 11.6 Å². The Hall–Kier alpha value is -2.18. The van der Waals surface area contributed by atoms with Crippen molar-refractivity contribution in [2.45, 2.75) is 6.61 Å². The Kier molecular flexibility index (Phi) is 5.61. The highest BCUT2D eigenvalue weighted by Gasteiger charge is 2.21. The Morgan fingerprint density at radius 2 is 1.88 bits per heavy atom. The molecule has 1 saturated heterocycles. The molecule has 0 atom stereocenters. The second-order valence-electron chi connectivity index (χ2n) is 5.55. The van der Waals surface area contributed by atoms with E-state index in [4.69, 9.17) is 16.3 Å². The fraction of sp³-hybridized carbons (Fsp3) is 0.353. The van der Waals surface area contributed by atoms with Crippen LogP contribution in [0.15, 0.2) is 42.9 Å². The molecule has 0 spiro atoms. The van der Waals surface area contributed by atoms with Crippen LogP contribution in [0, 0.1) is 0 Å². The number of halogens is 1. The Morgan fingerprint density at radius 3 is 2.54 bits per heavy atom. The SMILES string of the molecule is O=C(COCc1ccncc1)N1CCN(c2ccc(Cl)cn2)CC1. The fourth-order valence-corrected chi connectivity index (χ4v) is 2.68. The number of amides is 1. The Bertz CT molecular complexity index is 658. The van der Waals surface area contributed by atoms with Crippen molar-refractivity contribution in [3.05, 3.63) is 53.4 Å². The van der Waals surface area contributed by atoms with Crippen molar-refractivity contribution in [1.82, 2.24) is 14.9 Å². The number of hydrogen-bond donors (Lipinski definition) is 0. The van der Waals surface area contributed by atoms with Crippen LogP contribution in [0.4, 0.5) is 5.82 Å². The molecule has 3 heterocycles. The summed E-state index contributed by atoms with van der Waals surface area (Å²) >= 11 is 5.86. The lowest BCUT2D eigenvalue weighted by atomic mass is 10.3. The molecule has 24 heavy (non-hydrogen) atoms. The van der Waals surface area contributed by atoms with Crippen molar-refractivity contribution in [1.29, 1.82) is 0 Å². The van der Waals surface area contributed by atoms with Crippen LogP contribution in [0.1, 0.15) is 5.56 Å². The lowest BCUT2D eigenvalue weighted by Gasteiger charge is -2.35. The van der Waals surface area contributed by atoms with Gasteiger partial charge in [-0.2, -0.15) is 0 Å². The van der Waals surface area contributed by atoms with Gasteiger partial charge in [0.05, 0.1) is 11.6 Å². The average Bonchev–Trinajstić information content (AvgIpc) is 2.63. The van der Waals surface area contributed by atoms with Gasteiger partial charge >= 0.3 is 0 Å². The number of anilines is 1. The van der Waals surface area contributed by atoms with Gasteiger partial charge < -0.3 is 14.5 Å². The number of carbonyl (C=O) groups is 1. The quantitative estimate of drug-likeness (QED) is 0.828. The molecule has 1 amide bonds. The van der Waals surface area contributed by atoms with Gasteiger partial charge in [-0.25, -0.2) is 4.98 Å². The maximum atomic E-state index is 12.2. The van der Waals surface area contributed by atoms with Crippen molar-refractivity contribution in [2.75, 3.05) is 37.7 Å². The summed E-state index contributed by atoms with van der Waals surface area (Å²) in [7, 11) is 0. The molecule has 1 aliphatic heterocycles. The molecule has 7 heteroatoms. The van der Waals surface area contributed by atoms with Crippen LogP contribution in [0.5, 0.6) is 0 Å². The number of ether oxygens (including phenoxy) is 1. The number of rotatable bonds is 5. The smallest absolute Gasteiger partial charge is 0.248 e. The highest BCUT2D eigenvalue weighted by atomic mass is 35.5. The number of pyridine rings is 2. The third kappa shape index (κ3) is 4.43. The van der Waals surface area contributed by atoms with Crippen LogP contribution in [0.2, 0.25) is 5.02 Å². The largest absolute Gasteiger partial charge is 0.367 e. The summed E-state index contributed by atoms with van der Waals surface area (Å²) in [5, 5.41) is 0.624. The Labute approximate surface area is 146 Å². The van der Waals surface area contributed by atoms with E-state index in [9.17, 15) is 4.79 Å². The van der Waals surface area contributed by atoms with Gasteiger partial charge in [0, 0.05) is 44.8 Å². The molecular formula is C17H19ClN4O2. The number of hydrogen-bond acceptors (Lipinski definition) is 5. The molecule has 0 aromatic carbocycles. The van der Waals surface area contributed by atoms with E-state index in [1.54, 1.807) is 18.6 Å². The van der Waals surface area contributed by atoms with Crippen LogP contribution in [0.3, 0.4) is 0 Å². The number of aromatic nitrogens is 2. The first-order valence-electron chi connectivity index (χ1n) is 7.83. The van der Waals surface area contributed by atoms with Crippen LogP contribution in [-0.2, 0) is 16.1 Å². The maximum absolute atomic E-state index is 12.2. The molecule has 0 saturated carbocycles. The monoisotopic (exact) mass is 346 g/mol. The van der Waals surface area contributed by atoms with E-state index in [0.717, 1.165) is 24.5 Å². The van der Waals surface area contributed by atoms with Crippen molar-refractivity contribution in [2.24, 2.45) is 0 Å². The highest BCUT2D eigenvalue weighted by molar-refractivity contribution is 6.30. The predicted octanol–water partition coefficient (Wildman–Crippen LogP) is 2.00. The molecule has 1 fully saturated rings. The molecule has 0 N–H and O–H groups in total. The van der Waals surface area contributed by atoms with Gasteiger partial charge in [0.1, 0.15) is 12.4 Å². The van der Waals surface area contributed by atoms with E-state index in [-0.39, 0.29) is 12.5 Å². The first kappa shape index (κ1) is 16.7. The van der Waals surface area contributed by atoms with Gasteiger partial charge in [-0.05, 0) is 29.8 Å². The summed E-state index contributed by atoms with van der Waals surface area (Å²) in [5.74, 6) is 0.910. The lowest BCUT2D eigenvalue weighted by molar-refractivity contribution is -0.136. The number of carbonyl (C=O) groups excluding carboxylic acids is 1. The van der Waals surface area contributed by atoms with E-state index in [0.29, 0.717) is 24.7 Å². The van der Waals surface area contributed by atoms with Gasteiger partial charge in [0.15, 0.2) is 0 Å². The number of piperazine rings is 1.